The second-order valence-corrected chi connectivity index (χ2v) is 6.77. The number of carbonyl (C=O) groups excluding carboxylic acids is 1. The highest BCUT2D eigenvalue weighted by molar-refractivity contribution is 5.99. The smallest absolute Gasteiger partial charge is 0.159 e. The average molecular weight is 218 g/mol. The van der Waals surface area contributed by atoms with Crippen molar-refractivity contribution in [1.82, 2.24) is 0 Å². The molecule has 1 heteroatoms. The van der Waals surface area contributed by atoms with Crippen molar-refractivity contribution in [3.05, 3.63) is 11.1 Å². The highest BCUT2D eigenvalue weighted by Gasteiger charge is 2.62. The molecule has 0 aromatic heterocycles. The monoisotopic (exact) mass is 218 g/mol. The van der Waals surface area contributed by atoms with Crippen LogP contribution in [0.1, 0.15) is 47.0 Å². The van der Waals surface area contributed by atoms with Crippen LogP contribution in [0.25, 0.3) is 0 Å². The molecule has 88 valence electrons. The van der Waals surface area contributed by atoms with Crippen LogP contribution in [0.4, 0.5) is 0 Å². The van der Waals surface area contributed by atoms with E-state index in [1.165, 1.54) is 12.8 Å². The van der Waals surface area contributed by atoms with Gasteiger partial charge in [-0.25, -0.2) is 0 Å². The van der Waals surface area contributed by atoms with E-state index in [1.54, 1.807) is 5.57 Å². The van der Waals surface area contributed by atoms with Crippen LogP contribution < -0.4 is 0 Å². The van der Waals surface area contributed by atoms with Gasteiger partial charge in [0.05, 0.1) is 0 Å². The molecule has 0 bridgehead atoms. The van der Waals surface area contributed by atoms with Gasteiger partial charge in [-0.1, -0.05) is 26.3 Å². The topological polar surface area (TPSA) is 17.1 Å². The second kappa shape index (κ2) is 3.00. The predicted octanol–water partition coefficient (Wildman–Crippen LogP) is 3.59. The molecule has 0 spiro atoms. The van der Waals surface area contributed by atoms with Crippen LogP contribution in [0.5, 0.6) is 0 Å². The fraction of sp³-hybridized carbons (Fsp3) is 0.800. The maximum Gasteiger partial charge on any atom is 0.159 e. The van der Waals surface area contributed by atoms with Crippen LogP contribution in [-0.4, -0.2) is 5.78 Å². The molecule has 0 unspecified atom stereocenters. The number of rotatable bonds is 0. The first-order valence-electron chi connectivity index (χ1n) is 6.68. The Morgan fingerprint density at radius 3 is 2.62 bits per heavy atom. The van der Waals surface area contributed by atoms with Gasteiger partial charge in [-0.2, -0.15) is 0 Å². The maximum absolute atomic E-state index is 11.9. The molecule has 3 rings (SSSR count). The Balaban J connectivity index is 2.05. The molecular weight excluding hydrogens is 196 g/mol. The van der Waals surface area contributed by atoms with Gasteiger partial charge in [-0.15, -0.1) is 0 Å². The van der Waals surface area contributed by atoms with Gasteiger partial charge < -0.3 is 0 Å². The van der Waals surface area contributed by atoms with Crippen LogP contribution in [0, 0.1) is 29.1 Å². The number of hydrogen-bond donors (Lipinski definition) is 0. The summed E-state index contributed by atoms with van der Waals surface area (Å²) in [5, 5.41) is 0. The quantitative estimate of drug-likeness (QED) is 0.607. The SMILES string of the molecule is CC1=C2[C@@H]3[C@H](CC[C@@H](C)[C@H]2CC1=O)C3(C)C. The number of fused-ring (bicyclic) bond motifs is 3. The zero-order chi connectivity index (χ0) is 11.7. The van der Waals surface area contributed by atoms with E-state index >= 15 is 0 Å². The highest BCUT2D eigenvalue weighted by Crippen LogP contribution is 2.68. The Morgan fingerprint density at radius 1 is 1.25 bits per heavy atom. The van der Waals surface area contributed by atoms with Gasteiger partial charge in [0.1, 0.15) is 0 Å². The van der Waals surface area contributed by atoms with E-state index in [0.717, 1.165) is 29.7 Å². The summed E-state index contributed by atoms with van der Waals surface area (Å²) in [6, 6.07) is 0. The maximum atomic E-state index is 11.9. The van der Waals surface area contributed by atoms with Crippen molar-refractivity contribution < 1.29 is 4.79 Å². The molecule has 2 saturated carbocycles. The molecule has 0 heterocycles. The first-order valence-corrected chi connectivity index (χ1v) is 6.68. The van der Waals surface area contributed by atoms with Crippen LogP contribution in [0.15, 0.2) is 11.1 Å². The Hall–Kier alpha value is -0.590. The minimum absolute atomic E-state index is 0.426. The standard InChI is InChI=1S/C15H22O/c1-8-5-6-11-14(15(11,3)4)13-9(2)12(16)7-10(8)13/h8,10-11,14H,5-7H2,1-4H3/t8-,10-,11+,14+/m1/s1. The van der Waals surface area contributed by atoms with E-state index in [1.807, 2.05) is 0 Å². The lowest BCUT2D eigenvalue weighted by Crippen LogP contribution is -2.14. The lowest BCUT2D eigenvalue weighted by atomic mass is 9.82. The van der Waals surface area contributed by atoms with Crippen LogP contribution >= 0.6 is 0 Å². The minimum atomic E-state index is 0.426. The van der Waals surface area contributed by atoms with Crippen molar-refractivity contribution in [2.24, 2.45) is 29.1 Å². The third kappa shape index (κ3) is 1.15. The molecule has 0 aromatic rings. The number of ketones is 1. The Bertz CT molecular complexity index is 388. The summed E-state index contributed by atoms with van der Waals surface area (Å²) in [5.74, 6) is 3.32. The molecule has 0 amide bonds. The minimum Gasteiger partial charge on any atom is -0.295 e. The summed E-state index contributed by atoms with van der Waals surface area (Å²) in [5.41, 5.74) is 3.16. The van der Waals surface area contributed by atoms with E-state index in [-0.39, 0.29) is 0 Å². The van der Waals surface area contributed by atoms with E-state index < -0.39 is 0 Å². The van der Waals surface area contributed by atoms with Crippen molar-refractivity contribution in [3.8, 4) is 0 Å². The molecule has 0 aromatic carbocycles. The van der Waals surface area contributed by atoms with Crippen LogP contribution in [0.2, 0.25) is 0 Å². The second-order valence-electron chi connectivity index (χ2n) is 6.77. The molecule has 0 N–H and O–H groups in total. The largest absolute Gasteiger partial charge is 0.295 e. The molecule has 2 fully saturated rings. The molecule has 4 atom stereocenters. The van der Waals surface area contributed by atoms with Crippen molar-refractivity contribution in [3.63, 3.8) is 0 Å². The zero-order valence-corrected chi connectivity index (χ0v) is 10.8. The van der Waals surface area contributed by atoms with Gasteiger partial charge in [0.25, 0.3) is 0 Å². The molecule has 0 aliphatic heterocycles. The van der Waals surface area contributed by atoms with Gasteiger partial charge in [-0.05, 0) is 54.4 Å². The lowest BCUT2D eigenvalue weighted by Gasteiger charge is -2.22. The van der Waals surface area contributed by atoms with Crippen LogP contribution in [0.3, 0.4) is 0 Å². The molecule has 16 heavy (non-hydrogen) atoms. The summed E-state index contributed by atoms with van der Waals surface area (Å²) in [6.07, 6.45) is 3.50. The van der Waals surface area contributed by atoms with Gasteiger partial charge in [0, 0.05) is 6.42 Å². The van der Waals surface area contributed by atoms with E-state index in [2.05, 4.69) is 27.7 Å². The molecular formula is C15H22O. The summed E-state index contributed by atoms with van der Waals surface area (Å²) in [4.78, 5) is 11.9. The van der Waals surface area contributed by atoms with Gasteiger partial charge in [-0.3, -0.25) is 4.79 Å². The van der Waals surface area contributed by atoms with Crippen molar-refractivity contribution in [1.29, 1.82) is 0 Å². The van der Waals surface area contributed by atoms with Crippen molar-refractivity contribution in [2.75, 3.05) is 0 Å². The summed E-state index contributed by atoms with van der Waals surface area (Å²) in [6.45, 7) is 9.19. The van der Waals surface area contributed by atoms with Gasteiger partial charge in [0.2, 0.25) is 0 Å². The Kier molecular flexibility index (Phi) is 1.98. The third-order valence-corrected chi connectivity index (χ3v) is 5.66. The number of Topliss-reactive ketones (excluding diaryl/α,β-unsaturated/α-hetero) is 1. The fourth-order valence-electron chi connectivity index (χ4n) is 4.42. The highest BCUT2D eigenvalue weighted by atomic mass is 16.1. The number of hydrogen-bond acceptors (Lipinski definition) is 1. The van der Waals surface area contributed by atoms with Gasteiger partial charge >= 0.3 is 0 Å². The van der Waals surface area contributed by atoms with E-state index in [9.17, 15) is 4.79 Å². The molecule has 1 nitrogen and oxygen atoms in total. The van der Waals surface area contributed by atoms with E-state index in [4.69, 9.17) is 0 Å². The van der Waals surface area contributed by atoms with Crippen molar-refractivity contribution in [2.45, 2.75) is 47.0 Å². The molecule has 3 aliphatic rings. The summed E-state index contributed by atoms with van der Waals surface area (Å²) >= 11 is 0. The Morgan fingerprint density at radius 2 is 1.94 bits per heavy atom. The van der Waals surface area contributed by atoms with Crippen molar-refractivity contribution >= 4 is 5.78 Å². The predicted molar refractivity (Wildman–Crippen MR) is 65.0 cm³/mol. The Labute approximate surface area is 98.3 Å². The molecule has 0 radical (unpaired) electrons. The fourth-order valence-corrected chi connectivity index (χ4v) is 4.42. The summed E-state index contributed by atoms with van der Waals surface area (Å²) < 4.78 is 0. The first kappa shape index (κ1) is 10.6. The normalized spacial score (nSPS) is 45.1. The summed E-state index contributed by atoms with van der Waals surface area (Å²) in [7, 11) is 0. The molecule has 0 saturated heterocycles. The van der Waals surface area contributed by atoms with Gasteiger partial charge in [0.15, 0.2) is 5.78 Å². The average Bonchev–Trinajstić information content (AvgIpc) is 2.68. The van der Waals surface area contributed by atoms with E-state index in [0.29, 0.717) is 17.1 Å². The number of carbonyl (C=O) groups is 1. The first-order chi connectivity index (χ1) is 7.44. The lowest BCUT2D eigenvalue weighted by molar-refractivity contribution is -0.115. The zero-order valence-electron chi connectivity index (χ0n) is 10.8. The molecule has 3 aliphatic carbocycles. The third-order valence-electron chi connectivity index (χ3n) is 5.66. The number of allylic oxidation sites excluding steroid dienone is 2. The van der Waals surface area contributed by atoms with Crippen LogP contribution in [-0.2, 0) is 4.79 Å².